The van der Waals surface area contributed by atoms with Gasteiger partial charge in [-0.15, -0.1) is 5.10 Å². The summed E-state index contributed by atoms with van der Waals surface area (Å²) in [5, 5.41) is 18.4. The van der Waals surface area contributed by atoms with Gasteiger partial charge in [0.2, 0.25) is 5.95 Å². The first-order valence-electron chi connectivity index (χ1n) is 5.45. The van der Waals surface area contributed by atoms with Crippen molar-refractivity contribution in [3.8, 4) is 11.8 Å². The van der Waals surface area contributed by atoms with Gasteiger partial charge < -0.3 is 9.84 Å². The highest BCUT2D eigenvalue weighted by atomic mass is 127. The zero-order valence-electron chi connectivity index (χ0n) is 9.98. The van der Waals surface area contributed by atoms with Gasteiger partial charge in [-0.3, -0.25) is 10.1 Å². The average Bonchev–Trinajstić information content (AvgIpc) is 2.80. The van der Waals surface area contributed by atoms with Crippen molar-refractivity contribution in [3.63, 3.8) is 0 Å². The van der Waals surface area contributed by atoms with Crippen molar-refractivity contribution in [2.24, 2.45) is 0 Å². The SMILES string of the molecule is CCOc1n[nH]c(NC(=O)c2cc(I)ccc2O)n1. The number of nitrogens with zero attached hydrogens (tertiary/aromatic N) is 2. The molecule has 0 unspecified atom stereocenters. The molecule has 0 spiro atoms. The number of aromatic hydroxyl groups is 1. The van der Waals surface area contributed by atoms with Gasteiger partial charge in [-0.25, -0.2) is 5.10 Å². The summed E-state index contributed by atoms with van der Waals surface area (Å²) in [6, 6.07) is 4.90. The Morgan fingerprint density at radius 2 is 2.37 bits per heavy atom. The maximum atomic E-state index is 12.0. The molecule has 1 heterocycles. The Labute approximate surface area is 122 Å². The second-order valence-corrected chi connectivity index (χ2v) is 4.76. The zero-order valence-corrected chi connectivity index (χ0v) is 12.1. The summed E-state index contributed by atoms with van der Waals surface area (Å²) in [6.45, 7) is 2.24. The fourth-order valence-corrected chi connectivity index (χ4v) is 1.85. The van der Waals surface area contributed by atoms with Crippen molar-refractivity contribution in [3.05, 3.63) is 27.3 Å². The van der Waals surface area contributed by atoms with Crippen LogP contribution >= 0.6 is 22.6 Å². The van der Waals surface area contributed by atoms with Gasteiger partial charge in [0, 0.05) is 3.57 Å². The number of rotatable bonds is 4. The molecular weight excluding hydrogens is 363 g/mol. The lowest BCUT2D eigenvalue weighted by Gasteiger charge is -2.04. The van der Waals surface area contributed by atoms with Crippen LogP contribution in [0.3, 0.4) is 0 Å². The minimum absolute atomic E-state index is 0.0949. The first-order chi connectivity index (χ1) is 9.10. The second-order valence-electron chi connectivity index (χ2n) is 3.52. The van der Waals surface area contributed by atoms with E-state index in [9.17, 15) is 9.90 Å². The molecule has 1 aromatic heterocycles. The van der Waals surface area contributed by atoms with E-state index >= 15 is 0 Å². The number of nitrogens with one attached hydrogen (secondary N) is 2. The first-order valence-corrected chi connectivity index (χ1v) is 6.53. The van der Waals surface area contributed by atoms with E-state index in [1.165, 1.54) is 6.07 Å². The molecule has 0 aliphatic heterocycles. The van der Waals surface area contributed by atoms with Crippen LogP contribution in [0.1, 0.15) is 17.3 Å². The molecule has 0 radical (unpaired) electrons. The van der Waals surface area contributed by atoms with Crippen molar-refractivity contribution in [2.45, 2.75) is 6.92 Å². The number of aromatic nitrogens is 3. The van der Waals surface area contributed by atoms with Crippen molar-refractivity contribution >= 4 is 34.4 Å². The maximum Gasteiger partial charge on any atom is 0.337 e. The Hall–Kier alpha value is -1.84. The van der Waals surface area contributed by atoms with Gasteiger partial charge in [0.25, 0.3) is 5.91 Å². The summed E-state index contributed by atoms with van der Waals surface area (Å²) in [5.41, 5.74) is 0.168. The Morgan fingerprint density at radius 3 is 3.11 bits per heavy atom. The van der Waals surface area contributed by atoms with Crippen LogP contribution in [0.4, 0.5) is 5.95 Å². The van der Waals surface area contributed by atoms with Crippen LogP contribution in [0.2, 0.25) is 0 Å². The number of hydrogen-bond acceptors (Lipinski definition) is 5. The monoisotopic (exact) mass is 374 g/mol. The first kappa shape index (κ1) is 13.6. The molecule has 3 N–H and O–H groups in total. The zero-order chi connectivity index (χ0) is 13.8. The number of H-pyrrole nitrogens is 1. The number of carbonyl (C=O) groups is 1. The van der Waals surface area contributed by atoms with Gasteiger partial charge in [-0.05, 0) is 47.7 Å². The summed E-state index contributed by atoms with van der Waals surface area (Å²) < 4.78 is 5.90. The van der Waals surface area contributed by atoms with Gasteiger partial charge in [-0.1, -0.05) is 0 Å². The molecule has 2 aromatic rings. The van der Waals surface area contributed by atoms with Crippen LogP contribution in [0.15, 0.2) is 18.2 Å². The van der Waals surface area contributed by atoms with Crippen molar-refractivity contribution in [1.82, 2.24) is 15.2 Å². The smallest absolute Gasteiger partial charge is 0.337 e. The van der Waals surface area contributed by atoms with E-state index < -0.39 is 5.91 Å². The van der Waals surface area contributed by atoms with Crippen LogP contribution in [0.25, 0.3) is 0 Å². The van der Waals surface area contributed by atoms with Crippen molar-refractivity contribution in [2.75, 3.05) is 11.9 Å². The number of anilines is 1. The standard InChI is InChI=1S/C11H11IN4O3/c1-2-19-11-14-10(15-16-11)13-9(18)7-5-6(12)3-4-8(7)17/h3-5,17H,2H2,1H3,(H2,13,14,15,16,18). The molecule has 0 saturated carbocycles. The topological polar surface area (TPSA) is 100 Å². The second kappa shape index (κ2) is 5.87. The predicted molar refractivity (Wildman–Crippen MR) is 76.3 cm³/mol. The number of phenols is 1. The Morgan fingerprint density at radius 1 is 1.58 bits per heavy atom. The van der Waals surface area contributed by atoms with Gasteiger partial charge in [0.1, 0.15) is 5.75 Å². The highest BCUT2D eigenvalue weighted by Gasteiger charge is 2.14. The molecule has 0 aliphatic carbocycles. The number of aromatic amines is 1. The molecule has 100 valence electrons. The predicted octanol–water partition coefficient (Wildman–Crippen LogP) is 1.77. The van der Waals surface area contributed by atoms with E-state index in [1.807, 2.05) is 0 Å². The summed E-state index contributed by atoms with van der Waals surface area (Å²) in [4.78, 5) is 15.9. The molecule has 19 heavy (non-hydrogen) atoms. The van der Waals surface area contributed by atoms with Crippen LogP contribution in [0.5, 0.6) is 11.8 Å². The van der Waals surface area contributed by atoms with Crippen LogP contribution in [-0.4, -0.2) is 32.8 Å². The van der Waals surface area contributed by atoms with E-state index in [0.29, 0.717) is 6.61 Å². The lowest BCUT2D eigenvalue weighted by atomic mass is 10.2. The lowest BCUT2D eigenvalue weighted by molar-refractivity contribution is 0.102. The number of carbonyl (C=O) groups excluding carboxylic acids is 1. The summed E-state index contributed by atoms with van der Waals surface area (Å²) in [5.74, 6) is -0.413. The summed E-state index contributed by atoms with van der Waals surface area (Å²) >= 11 is 2.05. The fraction of sp³-hybridized carbons (Fsp3) is 0.182. The summed E-state index contributed by atoms with van der Waals surface area (Å²) in [6.07, 6.45) is 0. The number of ether oxygens (including phenoxy) is 1. The van der Waals surface area contributed by atoms with E-state index in [4.69, 9.17) is 4.74 Å². The summed E-state index contributed by atoms with van der Waals surface area (Å²) in [7, 11) is 0. The van der Waals surface area contributed by atoms with Crippen LogP contribution < -0.4 is 10.1 Å². The fourth-order valence-electron chi connectivity index (χ4n) is 1.36. The van der Waals surface area contributed by atoms with Gasteiger partial charge in [0.15, 0.2) is 0 Å². The van der Waals surface area contributed by atoms with Crippen LogP contribution in [0, 0.1) is 3.57 Å². The van der Waals surface area contributed by atoms with Crippen molar-refractivity contribution < 1.29 is 14.6 Å². The number of halogens is 1. The Kier molecular flexibility index (Phi) is 4.20. The number of amides is 1. The maximum absolute atomic E-state index is 12.0. The number of phenolic OH excluding ortho intramolecular Hbond substituents is 1. The normalized spacial score (nSPS) is 10.2. The third-order valence-electron chi connectivity index (χ3n) is 2.17. The minimum atomic E-state index is -0.477. The molecule has 1 aromatic carbocycles. The van der Waals surface area contributed by atoms with Gasteiger partial charge in [-0.2, -0.15) is 4.98 Å². The number of benzene rings is 1. The third-order valence-corrected chi connectivity index (χ3v) is 2.84. The Bertz CT molecular complexity index is 599. The van der Waals surface area contributed by atoms with E-state index in [0.717, 1.165) is 3.57 Å². The van der Waals surface area contributed by atoms with E-state index in [-0.39, 0.29) is 23.3 Å². The minimum Gasteiger partial charge on any atom is -0.507 e. The molecule has 1 amide bonds. The largest absolute Gasteiger partial charge is 0.507 e. The molecule has 0 atom stereocenters. The van der Waals surface area contributed by atoms with E-state index in [2.05, 4.69) is 43.1 Å². The molecule has 0 bridgehead atoms. The molecule has 0 aliphatic rings. The quantitative estimate of drug-likeness (QED) is 0.709. The lowest BCUT2D eigenvalue weighted by Crippen LogP contribution is -2.13. The number of hydrogen-bond donors (Lipinski definition) is 3. The average molecular weight is 374 g/mol. The molecule has 2 rings (SSSR count). The van der Waals surface area contributed by atoms with Gasteiger partial charge in [0.05, 0.1) is 12.2 Å². The Balaban J connectivity index is 2.13. The highest BCUT2D eigenvalue weighted by Crippen LogP contribution is 2.20. The molecule has 7 nitrogen and oxygen atoms in total. The molecule has 0 saturated heterocycles. The highest BCUT2D eigenvalue weighted by molar-refractivity contribution is 14.1. The van der Waals surface area contributed by atoms with Gasteiger partial charge >= 0.3 is 6.01 Å². The molecule has 8 heteroatoms. The molecular formula is C11H11IN4O3. The van der Waals surface area contributed by atoms with Crippen molar-refractivity contribution in [1.29, 1.82) is 0 Å². The van der Waals surface area contributed by atoms with E-state index in [1.54, 1.807) is 19.1 Å². The molecule has 0 fully saturated rings. The third kappa shape index (κ3) is 3.34. The van der Waals surface area contributed by atoms with Crippen LogP contribution in [-0.2, 0) is 0 Å².